The van der Waals surface area contributed by atoms with Crippen molar-refractivity contribution in [3.05, 3.63) is 83.6 Å². The van der Waals surface area contributed by atoms with Crippen molar-refractivity contribution in [2.45, 2.75) is 13.0 Å². The van der Waals surface area contributed by atoms with E-state index in [1.54, 1.807) is 55.5 Å². The lowest BCUT2D eigenvalue weighted by Crippen LogP contribution is -2.30. The van der Waals surface area contributed by atoms with Gasteiger partial charge >= 0.3 is 5.91 Å². The maximum atomic E-state index is 13.3. The summed E-state index contributed by atoms with van der Waals surface area (Å²) in [6, 6.07) is 12.1. The van der Waals surface area contributed by atoms with E-state index in [0.717, 1.165) is 0 Å². The second-order valence-corrected chi connectivity index (χ2v) is 7.67. The number of aryl methyl sites for hydroxylation is 1. The number of para-hydroxylation sites is 1. The van der Waals surface area contributed by atoms with Crippen LogP contribution < -0.4 is 19.1 Å². The number of rotatable bonds is 8. The second kappa shape index (κ2) is 9.76. The Hall–Kier alpha value is -4.53. The third-order valence-electron chi connectivity index (χ3n) is 5.53. The molecule has 0 bridgehead atoms. The van der Waals surface area contributed by atoms with E-state index < -0.39 is 17.7 Å². The molecule has 0 unspecified atom stereocenters. The zero-order chi connectivity index (χ0) is 25.1. The Morgan fingerprint density at radius 3 is 2.51 bits per heavy atom. The Bertz CT molecular complexity index is 1310. The molecule has 1 amide bonds. The van der Waals surface area contributed by atoms with Gasteiger partial charge in [0.1, 0.15) is 29.9 Å². The highest BCUT2D eigenvalue weighted by molar-refractivity contribution is 6.51. The van der Waals surface area contributed by atoms with Crippen LogP contribution in [0.5, 0.6) is 17.2 Å². The lowest BCUT2D eigenvalue weighted by molar-refractivity contribution is -0.132. The van der Waals surface area contributed by atoms with Crippen molar-refractivity contribution in [2.75, 3.05) is 25.7 Å². The first-order valence-corrected chi connectivity index (χ1v) is 10.7. The number of Topliss-reactive ketones (excluding diaryl/α,β-unsaturated/α-hetero) is 1. The SMILES string of the molecule is C=CCOc1ccc(/C(O)=C2\C(=O)C(=O)N(c3cc(C)on3)[C@@H]2c2cccc(OC)c2OC)cc1. The lowest BCUT2D eigenvalue weighted by atomic mass is 9.94. The summed E-state index contributed by atoms with van der Waals surface area (Å²) in [6.45, 7) is 5.60. The molecule has 180 valence electrons. The molecule has 1 N–H and O–H groups in total. The van der Waals surface area contributed by atoms with Gasteiger partial charge in [-0.25, -0.2) is 0 Å². The fourth-order valence-electron chi connectivity index (χ4n) is 3.98. The number of nitrogens with zero attached hydrogens (tertiary/aromatic N) is 2. The van der Waals surface area contributed by atoms with E-state index in [2.05, 4.69) is 11.7 Å². The summed E-state index contributed by atoms with van der Waals surface area (Å²) in [5, 5.41) is 15.2. The lowest BCUT2D eigenvalue weighted by Gasteiger charge is -2.25. The maximum Gasteiger partial charge on any atom is 0.301 e. The Labute approximate surface area is 201 Å². The fraction of sp³-hybridized carbons (Fsp3) is 0.192. The van der Waals surface area contributed by atoms with Crippen molar-refractivity contribution in [3.8, 4) is 17.2 Å². The average Bonchev–Trinajstić information content (AvgIpc) is 3.42. The van der Waals surface area contributed by atoms with Crippen LogP contribution in [0.1, 0.15) is 22.9 Å². The highest BCUT2D eigenvalue weighted by Gasteiger charge is 2.49. The standard InChI is InChI=1S/C26H24N2O7/c1-5-13-34-17-11-9-16(10-12-17)23(29)21-22(18-7-6-8-19(32-3)25(18)33-4)28(26(31)24(21)30)20-14-15(2)35-27-20/h5-12,14,22,29H,1,13H2,2-4H3/b23-21+/t22-/m1/s1. The first-order valence-electron chi connectivity index (χ1n) is 10.7. The zero-order valence-corrected chi connectivity index (χ0v) is 19.5. The van der Waals surface area contributed by atoms with Crippen LogP contribution >= 0.6 is 0 Å². The van der Waals surface area contributed by atoms with Gasteiger partial charge in [0.25, 0.3) is 5.78 Å². The minimum Gasteiger partial charge on any atom is -0.507 e. The van der Waals surface area contributed by atoms with Crippen LogP contribution in [-0.2, 0) is 9.59 Å². The number of ether oxygens (including phenoxy) is 3. The number of ketones is 1. The van der Waals surface area contributed by atoms with E-state index in [0.29, 0.717) is 40.7 Å². The fourth-order valence-corrected chi connectivity index (χ4v) is 3.98. The second-order valence-electron chi connectivity index (χ2n) is 7.67. The first-order chi connectivity index (χ1) is 16.9. The maximum absolute atomic E-state index is 13.3. The summed E-state index contributed by atoms with van der Waals surface area (Å²) in [6.07, 6.45) is 1.61. The number of amides is 1. The molecule has 0 aliphatic carbocycles. The van der Waals surface area contributed by atoms with Gasteiger partial charge in [0.05, 0.1) is 19.8 Å². The van der Waals surface area contributed by atoms with Crippen molar-refractivity contribution in [1.82, 2.24) is 5.16 Å². The van der Waals surface area contributed by atoms with Gasteiger partial charge in [-0.3, -0.25) is 14.5 Å². The van der Waals surface area contributed by atoms with Gasteiger partial charge in [0.2, 0.25) is 0 Å². The molecule has 2 aromatic carbocycles. The van der Waals surface area contributed by atoms with Gasteiger partial charge in [0.15, 0.2) is 17.3 Å². The first kappa shape index (κ1) is 23.6. The monoisotopic (exact) mass is 476 g/mol. The molecule has 4 rings (SSSR count). The van der Waals surface area contributed by atoms with E-state index in [1.165, 1.54) is 25.2 Å². The van der Waals surface area contributed by atoms with Crippen LogP contribution in [0.4, 0.5) is 5.82 Å². The van der Waals surface area contributed by atoms with Gasteiger partial charge < -0.3 is 23.8 Å². The number of anilines is 1. The quantitative estimate of drug-likeness (QED) is 0.223. The molecule has 1 aromatic heterocycles. The van der Waals surface area contributed by atoms with Crippen molar-refractivity contribution in [2.24, 2.45) is 0 Å². The molecule has 0 spiro atoms. The third-order valence-corrected chi connectivity index (χ3v) is 5.53. The molecule has 9 nitrogen and oxygen atoms in total. The zero-order valence-electron chi connectivity index (χ0n) is 19.5. The summed E-state index contributed by atoms with van der Waals surface area (Å²) < 4.78 is 21.6. The molecule has 1 atom stereocenters. The molecular weight excluding hydrogens is 452 g/mol. The molecule has 1 saturated heterocycles. The Morgan fingerprint density at radius 2 is 1.91 bits per heavy atom. The molecule has 0 saturated carbocycles. The number of benzene rings is 2. The molecule has 2 heterocycles. The van der Waals surface area contributed by atoms with Gasteiger partial charge in [0, 0.05) is 17.2 Å². The van der Waals surface area contributed by atoms with E-state index in [4.69, 9.17) is 18.7 Å². The number of hydrogen-bond donors (Lipinski definition) is 1. The van der Waals surface area contributed by atoms with Gasteiger partial charge in [-0.1, -0.05) is 29.9 Å². The number of aliphatic hydroxyl groups is 1. The number of methoxy groups -OCH3 is 2. The molecule has 1 aliphatic heterocycles. The van der Waals surface area contributed by atoms with Crippen LogP contribution in [0.15, 0.2) is 71.3 Å². The summed E-state index contributed by atoms with van der Waals surface area (Å²) in [7, 11) is 2.94. The molecular formula is C26H24N2O7. The van der Waals surface area contributed by atoms with Crippen molar-refractivity contribution in [3.63, 3.8) is 0 Å². The van der Waals surface area contributed by atoms with Crippen LogP contribution in [0.25, 0.3) is 5.76 Å². The number of carbonyl (C=O) groups is 2. The largest absolute Gasteiger partial charge is 0.507 e. The van der Waals surface area contributed by atoms with Crippen LogP contribution in [-0.4, -0.2) is 42.8 Å². The molecule has 0 radical (unpaired) electrons. The van der Waals surface area contributed by atoms with E-state index in [9.17, 15) is 14.7 Å². The summed E-state index contributed by atoms with van der Waals surface area (Å²) in [5.41, 5.74) is 0.637. The Balaban J connectivity index is 1.92. The predicted octanol–water partition coefficient (Wildman–Crippen LogP) is 4.19. The van der Waals surface area contributed by atoms with Crippen LogP contribution in [0.3, 0.4) is 0 Å². The number of aromatic nitrogens is 1. The molecule has 9 heteroatoms. The van der Waals surface area contributed by atoms with Crippen LogP contribution in [0, 0.1) is 6.92 Å². The van der Waals surface area contributed by atoms with Crippen LogP contribution in [0.2, 0.25) is 0 Å². The minimum absolute atomic E-state index is 0.123. The van der Waals surface area contributed by atoms with Crippen molar-refractivity contribution in [1.29, 1.82) is 0 Å². The van der Waals surface area contributed by atoms with Crippen molar-refractivity contribution >= 4 is 23.3 Å². The van der Waals surface area contributed by atoms with Gasteiger partial charge in [-0.05, 0) is 37.3 Å². The Morgan fingerprint density at radius 1 is 1.17 bits per heavy atom. The summed E-state index contributed by atoms with van der Waals surface area (Å²) in [5.74, 6) is -0.227. The number of hydrogen-bond acceptors (Lipinski definition) is 8. The summed E-state index contributed by atoms with van der Waals surface area (Å²) in [4.78, 5) is 27.7. The summed E-state index contributed by atoms with van der Waals surface area (Å²) >= 11 is 0. The average molecular weight is 476 g/mol. The molecule has 1 fully saturated rings. The van der Waals surface area contributed by atoms with Crippen molar-refractivity contribution < 1.29 is 33.4 Å². The number of aliphatic hydroxyl groups excluding tert-OH is 1. The highest BCUT2D eigenvalue weighted by atomic mass is 16.5. The van der Waals surface area contributed by atoms with E-state index in [1.807, 2.05) is 0 Å². The van der Waals surface area contributed by atoms with Gasteiger partial charge in [-0.15, -0.1) is 0 Å². The molecule has 3 aromatic rings. The third kappa shape index (κ3) is 4.23. The molecule has 1 aliphatic rings. The topological polar surface area (TPSA) is 111 Å². The number of carbonyl (C=O) groups excluding carboxylic acids is 2. The van der Waals surface area contributed by atoms with Gasteiger partial charge in [-0.2, -0.15) is 0 Å². The van der Waals surface area contributed by atoms with E-state index >= 15 is 0 Å². The smallest absolute Gasteiger partial charge is 0.301 e. The normalized spacial score (nSPS) is 16.9. The minimum atomic E-state index is -1.05. The molecule has 35 heavy (non-hydrogen) atoms. The van der Waals surface area contributed by atoms with E-state index in [-0.39, 0.29) is 17.2 Å². The predicted molar refractivity (Wildman–Crippen MR) is 128 cm³/mol. The Kier molecular flexibility index (Phi) is 6.59. The highest BCUT2D eigenvalue weighted by Crippen LogP contribution is 2.47.